The average Bonchev–Trinajstić information content (AvgIpc) is 2.92. The van der Waals surface area contributed by atoms with Crippen LogP contribution in [0.5, 0.6) is 5.75 Å². The molecule has 0 radical (unpaired) electrons. The molecule has 188 valence electrons. The summed E-state index contributed by atoms with van der Waals surface area (Å²) in [5, 5.41) is 0. The minimum Gasteiger partial charge on any atom is -0.492 e. The van der Waals surface area contributed by atoms with E-state index in [2.05, 4.69) is 57.2 Å². The zero-order valence-electron chi connectivity index (χ0n) is 20.0. The standard InChI is InChI=1S/C27H29N3O4S2/c31-26-17-19(30-9-13-33-14-10-30)16-22(28-26)21-2-1-3-24-27(21)36-23-5-4-20(18-25(23)35-24)34-15-8-29-6-11-32-12-7-29/h1-5,16-18H,6-15H2,(H,28,31). The number of aromatic nitrogens is 1. The summed E-state index contributed by atoms with van der Waals surface area (Å²) in [5.41, 5.74) is 2.76. The molecule has 9 heteroatoms. The van der Waals surface area contributed by atoms with Gasteiger partial charge >= 0.3 is 0 Å². The number of ether oxygens (including phenoxy) is 3. The lowest BCUT2D eigenvalue weighted by Gasteiger charge is -2.29. The normalized spacial score (nSPS) is 17.9. The summed E-state index contributed by atoms with van der Waals surface area (Å²) < 4.78 is 17.0. The Balaban J connectivity index is 1.21. The number of anilines is 1. The van der Waals surface area contributed by atoms with Gasteiger partial charge in [0.15, 0.2) is 0 Å². The maximum atomic E-state index is 12.6. The van der Waals surface area contributed by atoms with Crippen LogP contribution in [0.2, 0.25) is 0 Å². The number of benzene rings is 2. The summed E-state index contributed by atoms with van der Waals surface area (Å²) in [6, 6.07) is 16.4. The zero-order chi connectivity index (χ0) is 24.3. The van der Waals surface area contributed by atoms with Crippen molar-refractivity contribution in [1.29, 1.82) is 0 Å². The molecule has 1 N–H and O–H groups in total. The number of fused-ring (bicyclic) bond motifs is 2. The monoisotopic (exact) mass is 523 g/mol. The van der Waals surface area contributed by atoms with Gasteiger partial charge < -0.3 is 24.1 Å². The van der Waals surface area contributed by atoms with Gasteiger partial charge in [0.25, 0.3) is 0 Å². The molecule has 3 aliphatic heterocycles. The Hall–Kier alpha value is -2.43. The first-order chi connectivity index (χ1) is 17.7. The van der Waals surface area contributed by atoms with Crippen molar-refractivity contribution in [2.24, 2.45) is 0 Å². The van der Waals surface area contributed by atoms with Gasteiger partial charge in [-0.25, -0.2) is 0 Å². The number of hydrogen-bond donors (Lipinski definition) is 1. The van der Waals surface area contributed by atoms with Crippen molar-refractivity contribution in [3.63, 3.8) is 0 Å². The first-order valence-corrected chi connectivity index (χ1v) is 14.0. The van der Waals surface area contributed by atoms with Gasteiger partial charge in [-0.05, 0) is 30.3 Å². The summed E-state index contributed by atoms with van der Waals surface area (Å²) in [6.07, 6.45) is 0. The van der Waals surface area contributed by atoms with Gasteiger partial charge in [-0.15, -0.1) is 0 Å². The van der Waals surface area contributed by atoms with Crippen molar-refractivity contribution in [2.45, 2.75) is 19.6 Å². The van der Waals surface area contributed by atoms with Gasteiger partial charge in [0.1, 0.15) is 12.4 Å². The molecular formula is C27H29N3O4S2. The van der Waals surface area contributed by atoms with Crippen molar-refractivity contribution < 1.29 is 14.2 Å². The highest BCUT2D eigenvalue weighted by atomic mass is 32.2. The number of nitrogens with zero attached hydrogens (tertiary/aromatic N) is 2. The fraction of sp³-hybridized carbons (Fsp3) is 0.370. The number of hydrogen-bond acceptors (Lipinski definition) is 8. The fourth-order valence-corrected chi connectivity index (χ4v) is 7.08. The van der Waals surface area contributed by atoms with Crippen LogP contribution in [-0.2, 0) is 9.47 Å². The van der Waals surface area contributed by atoms with E-state index < -0.39 is 0 Å². The van der Waals surface area contributed by atoms with E-state index in [4.69, 9.17) is 14.2 Å². The molecule has 7 nitrogen and oxygen atoms in total. The van der Waals surface area contributed by atoms with Gasteiger partial charge in [-0.3, -0.25) is 9.69 Å². The SMILES string of the molecule is O=c1cc(N2CCOCC2)cc(-c2cccc3c2Sc2ccc(OCCN4CCOCC4)cc2S3)[nH]1. The molecule has 1 aromatic heterocycles. The molecule has 0 bridgehead atoms. The van der Waals surface area contributed by atoms with E-state index in [1.54, 1.807) is 29.6 Å². The third kappa shape index (κ3) is 5.31. The van der Waals surface area contributed by atoms with Gasteiger partial charge in [0.2, 0.25) is 5.56 Å². The van der Waals surface area contributed by atoms with E-state index in [0.717, 1.165) is 68.6 Å². The number of H-pyrrole nitrogens is 1. The van der Waals surface area contributed by atoms with Crippen LogP contribution in [0.3, 0.4) is 0 Å². The number of aromatic amines is 1. The molecule has 0 atom stereocenters. The molecule has 0 saturated carbocycles. The second-order valence-electron chi connectivity index (χ2n) is 8.96. The highest BCUT2D eigenvalue weighted by Gasteiger charge is 2.22. The summed E-state index contributed by atoms with van der Waals surface area (Å²) in [4.78, 5) is 25.0. The van der Waals surface area contributed by atoms with E-state index in [0.29, 0.717) is 19.8 Å². The predicted octanol–water partition coefficient (Wildman–Crippen LogP) is 4.21. The Morgan fingerprint density at radius 1 is 0.861 bits per heavy atom. The molecular weight excluding hydrogens is 494 g/mol. The van der Waals surface area contributed by atoms with Crippen LogP contribution in [0.4, 0.5) is 5.69 Å². The average molecular weight is 524 g/mol. The Bertz CT molecular complexity index is 1290. The van der Waals surface area contributed by atoms with Crippen molar-refractivity contribution in [3.8, 4) is 17.0 Å². The Morgan fingerprint density at radius 3 is 2.50 bits per heavy atom. The van der Waals surface area contributed by atoms with E-state index in [1.807, 2.05) is 0 Å². The van der Waals surface area contributed by atoms with Crippen LogP contribution in [0, 0.1) is 0 Å². The lowest BCUT2D eigenvalue weighted by Crippen LogP contribution is -2.38. The summed E-state index contributed by atoms with van der Waals surface area (Å²) >= 11 is 3.51. The second kappa shape index (κ2) is 10.9. The summed E-state index contributed by atoms with van der Waals surface area (Å²) in [7, 11) is 0. The van der Waals surface area contributed by atoms with Crippen LogP contribution in [0.25, 0.3) is 11.3 Å². The van der Waals surface area contributed by atoms with Crippen molar-refractivity contribution in [3.05, 3.63) is 58.9 Å². The molecule has 3 aliphatic rings. The molecule has 3 aromatic rings. The number of nitrogens with one attached hydrogen (secondary N) is 1. The van der Waals surface area contributed by atoms with Crippen molar-refractivity contribution in [2.75, 3.05) is 70.7 Å². The summed E-state index contributed by atoms with van der Waals surface area (Å²) in [6.45, 7) is 8.10. The maximum absolute atomic E-state index is 12.6. The highest BCUT2D eigenvalue weighted by molar-refractivity contribution is 8.05. The number of pyridine rings is 1. The Labute approximate surface area is 219 Å². The predicted molar refractivity (Wildman–Crippen MR) is 143 cm³/mol. The molecule has 36 heavy (non-hydrogen) atoms. The van der Waals surface area contributed by atoms with Gasteiger partial charge in [-0.1, -0.05) is 35.7 Å². The Morgan fingerprint density at radius 2 is 1.67 bits per heavy atom. The van der Waals surface area contributed by atoms with Crippen LogP contribution >= 0.6 is 23.5 Å². The minimum absolute atomic E-state index is 0.0840. The van der Waals surface area contributed by atoms with E-state index in [9.17, 15) is 4.79 Å². The fourth-order valence-electron chi connectivity index (χ4n) is 4.68. The van der Waals surface area contributed by atoms with Crippen molar-refractivity contribution >= 4 is 29.2 Å². The Kier molecular flexibility index (Phi) is 7.25. The molecule has 0 unspecified atom stereocenters. The molecule has 0 aliphatic carbocycles. The smallest absolute Gasteiger partial charge is 0.250 e. The molecule has 2 fully saturated rings. The highest BCUT2D eigenvalue weighted by Crippen LogP contribution is 2.52. The molecule has 0 spiro atoms. The second-order valence-corrected chi connectivity index (χ2v) is 11.1. The molecule has 4 heterocycles. The quantitative estimate of drug-likeness (QED) is 0.403. The molecule has 6 rings (SSSR count). The first-order valence-electron chi connectivity index (χ1n) is 12.4. The van der Waals surface area contributed by atoms with Gasteiger partial charge in [0.05, 0.1) is 32.1 Å². The third-order valence-corrected chi connectivity index (χ3v) is 9.20. The minimum atomic E-state index is -0.0840. The molecule has 0 amide bonds. The molecule has 2 aromatic carbocycles. The number of morpholine rings is 2. The van der Waals surface area contributed by atoms with Crippen LogP contribution < -0.4 is 15.2 Å². The molecule has 2 saturated heterocycles. The largest absolute Gasteiger partial charge is 0.492 e. The first kappa shape index (κ1) is 23.9. The topological polar surface area (TPSA) is 67.0 Å². The maximum Gasteiger partial charge on any atom is 0.250 e. The lowest BCUT2D eigenvalue weighted by atomic mass is 10.1. The lowest BCUT2D eigenvalue weighted by molar-refractivity contribution is 0.0322. The van der Waals surface area contributed by atoms with E-state index in [-0.39, 0.29) is 5.56 Å². The number of rotatable bonds is 6. The van der Waals surface area contributed by atoms with E-state index in [1.165, 1.54) is 19.6 Å². The van der Waals surface area contributed by atoms with Gasteiger partial charge in [-0.2, -0.15) is 0 Å². The van der Waals surface area contributed by atoms with Crippen molar-refractivity contribution in [1.82, 2.24) is 9.88 Å². The van der Waals surface area contributed by atoms with Gasteiger partial charge in [0, 0.05) is 69.6 Å². The van der Waals surface area contributed by atoms with E-state index >= 15 is 0 Å². The zero-order valence-corrected chi connectivity index (χ0v) is 21.7. The van der Waals surface area contributed by atoms with Crippen LogP contribution in [-0.4, -0.2) is 75.6 Å². The van der Waals surface area contributed by atoms with Crippen LogP contribution in [0.1, 0.15) is 0 Å². The third-order valence-electron chi connectivity index (χ3n) is 6.60. The summed E-state index contributed by atoms with van der Waals surface area (Å²) in [5.74, 6) is 0.900. The van der Waals surface area contributed by atoms with Crippen LogP contribution in [0.15, 0.2) is 72.9 Å².